The number of hydrogen-bond acceptors (Lipinski definition) is 6. The van der Waals surface area contributed by atoms with Crippen LogP contribution in [0.1, 0.15) is 16.1 Å². The Kier molecular flexibility index (Phi) is 5.83. The van der Waals surface area contributed by atoms with E-state index in [4.69, 9.17) is 21.1 Å². The average molecular weight is 404 g/mol. The quantitative estimate of drug-likeness (QED) is 0.597. The van der Waals surface area contributed by atoms with Crippen molar-refractivity contribution in [2.75, 3.05) is 24.9 Å². The van der Waals surface area contributed by atoms with Gasteiger partial charge >= 0.3 is 0 Å². The molecule has 0 spiro atoms. The summed E-state index contributed by atoms with van der Waals surface area (Å²) in [6, 6.07) is 10.8. The fraction of sp³-hybridized carbons (Fsp3) is 0.158. The van der Waals surface area contributed by atoms with Crippen LogP contribution in [0, 0.1) is 6.92 Å². The van der Waals surface area contributed by atoms with Gasteiger partial charge in [-0.05, 0) is 36.8 Å². The van der Waals surface area contributed by atoms with Gasteiger partial charge in [-0.25, -0.2) is 4.98 Å². The van der Waals surface area contributed by atoms with Gasteiger partial charge in [-0.3, -0.25) is 4.79 Å². The van der Waals surface area contributed by atoms with Crippen molar-refractivity contribution < 1.29 is 14.3 Å². The van der Waals surface area contributed by atoms with E-state index < -0.39 is 0 Å². The van der Waals surface area contributed by atoms with E-state index in [1.807, 2.05) is 19.1 Å². The number of nitrogens with zero attached hydrogens (tertiary/aromatic N) is 1. The zero-order valence-corrected chi connectivity index (χ0v) is 16.6. The van der Waals surface area contributed by atoms with Crippen LogP contribution in [0.3, 0.4) is 0 Å². The number of aryl methyl sites for hydroxylation is 1. The molecule has 0 saturated heterocycles. The number of anilines is 3. The molecule has 2 N–H and O–H groups in total. The van der Waals surface area contributed by atoms with E-state index in [1.54, 1.807) is 43.9 Å². The van der Waals surface area contributed by atoms with Crippen molar-refractivity contribution in [1.82, 2.24) is 4.98 Å². The number of carbonyl (C=O) groups is 1. The number of benzene rings is 2. The topological polar surface area (TPSA) is 72.5 Å². The molecule has 6 nitrogen and oxygen atoms in total. The first-order chi connectivity index (χ1) is 13.0. The Morgan fingerprint density at radius 3 is 2.63 bits per heavy atom. The lowest BCUT2D eigenvalue weighted by Crippen LogP contribution is -2.13. The summed E-state index contributed by atoms with van der Waals surface area (Å²) in [7, 11) is 3.16. The number of amides is 1. The highest BCUT2D eigenvalue weighted by Crippen LogP contribution is 2.32. The van der Waals surface area contributed by atoms with Gasteiger partial charge in [-0.2, -0.15) is 0 Å². The van der Waals surface area contributed by atoms with E-state index in [9.17, 15) is 4.79 Å². The Morgan fingerprint density at radius 2 is 1.89 bits per heavy atom. The van der Waals surface area contributed by atoms with Gasteiger partial charge in [0.1, 0.15) is 5.69 Å². The van der Waals surface area contributed by atoms with Crippen molar-refractivity contribution >= 4 is 45.4 Å². The lowest BCUT2D eigenvalue weighted by Gasteiger charge is -2.09. The molecule has 1 amide bonds. The minimum Gasteiger partial charge on any atom is -0.493 e. The molecule has 8 heteroatoms. The molecule has 2 aromatic carbocycles. The molecule has 0 radical (unpaired) electrons. The predicted octanol–water partition coefficient (Wildman–Crippen LogP) is 5.12. The predicted molar refractivity (Wildman–Crippen MR) is 109 cm³/mol. The summed E-state index contributed by atoms with van der Waals surface area (Å²) in [5.41, 5.74) is 2.68. The third kappa shape index (κ3) is 4.50. The molecule has 0 fully saturated rings. The summed E-state index contributed by atoms with van der Waals surface area (Å²) < 4.78 is 10.5. The van der Waals surface area contributed by atoms with E-state index in [0.29, 0.717) is 33.0 Å². The van der Waals surface area contributed by atoms with Gasteiger partial charge in [0.15, 0.2) is 16.6 Å². The molecule has 0 atom stereocenters. The third-order valence-electron chi connectivity index (χ3n) is 3.82. The largest absolute Gasteiger partial charge is 0.493 e. The molecular weight excluding hydrogens is 386 g/mol. The molecule has 27 heavy (non-hydrogen) atoms. The molecule has 1 aromatic heterocycles. The van der Waals surface area contributed by atoms with Gasteiger partial charge in [0.25, 0.3) is 5.91 Å². The van der Waals surface area contributed by atoms with Crippen molar-refractivity contribution in [2.24, 2.45) is 0 Å². The van der Waals surface area contributed by atoms with Crippen molar-refractivity contribution in [1.29, 1.82) is 0 Å². The molecule has 3 rings (SSSR count). The lowest BCUT2D eigenvalue weighted by molar-refractivity contribution is 0.102. The fourth-order valence-corrected chi connectivity index (χ4v) is 3.27. The number of nitrogens with one attached hydrogen (secondary N) is 2. The Morgan fingerprint density at radius 1 is 1.11 bits per heavy atom. The maximum absolute atomic E-state index is 12.5. The second-order valence-corrected chi connectivity index (χ2v) is 6.94. The second-order valence-electron chi connectivity index (χ2n) is 5.65. The lowest BCUT2D eigenvalue weighted by atomic mass is 10.2. The second kappa shape index (κ2) is 8.28. The van der Waals surface area contributed by atoms with Gasteiger partial charge < -0.3 is 20.1 Å². The number of thiazole rings is 1. The number of aromatic nitrogens is 1. The maximum Gasteiger partial charge on any atom is 0.275 e. The minimum atomic E-state index is -0.294. The summed E-state index contributed by atoms with van der Waals surface area (Å²) >= 11 is 7.33. The first-order valence-electron chi connectivity index (χ1n) is 8.02. The van der Waals surface area contributed by atoms with E-state index in [2.05, 4.69) is 15.6 Å². The third-order valence-corrected chi connectivity index (χ3v) is 4.81. The highest BCUT2D eigenvalue weighted by molar-refractivity contribution is 7.14. The standard InChI is InChI=1S/C19H18ClN3O3S/c1-11-4-5-12(20)8-14(11)22-18(24)15-10-27-19(23-15)21-13-6-7-16(25-2)17(9-13)26-3/h4-10H,1-3H3,(H,21,23)(H,22,24). The van der Waals surface area contributed by atoms with Crippen LogP contribution in [0.15, 0.2) is 41.8 Å². The summed E-state index contributed by atoms with van der Waals surface area (Å²) in [4.78, 5) is 16.8. The molecule has 1 heterocycles. The monoisotopic (exact) mass is 403 g/mol. The van der Waals surface area contributed by atoms with E-state index in [0.717, 1.165) is 11.3 Å². The summed E-state index contributed by atoms with van der Waals surface area (Å²) in [5.74, 6) is 0.949. The molecule has 3 aromatic rings. The minimum absolute atomic E-state index is 0.294. The molecule has 140 valence electrons. The van der Waals surface area contributed by atoms with Crippen LogP contribution in [-0.2, 0) is 0 Å². The Labute approximate surface area is 166 Å². The highest BCUT2D eigenvalue weighted by atomic mass is 35.5. The molecule has 0 bridgehead atoms. The van der Waals surface area contributed by atoms with Gasteiger partial charge in [0.05, 0.1) is 14.2 Å². The number of methoxy groups -OCH3 is 2. The van der Waals surface area contributed by atoms with Crippen LogP contribution in [-0.4, -0.2) is 25.1 Å². The Hall–Kier alpha value is -2.77. The number of halogens is 1. The van der Waals surface area contributed by atoms with Crippen LogP contribution < -0.4 is 20.1 Å². The van der Waals surface area contributed by atoms with E-state index >= 15 is 0 Å². The van der Waals surface area contributed by atoms with Crippen molar-refractivity contribution in [2.45, 2.75) is 6.92 Å². The molecular formula is C19H18ClN3O3S. The highest BCUT2D eigenvalue weighted by Gasteiger charge is 2.13. The normalized spacial score (nSPS) is 10.4. The first-order valence-corrected chi connectivity index (χ1v) is 9.28. The zero-order chi connectivity index (χ0) is 19.4. The number of hydrogen-bond donors (Lipinski definition) is 2. The molecule has 0 aliphatic rings. The van der Waals surface area contributed by atoms with Crippen molar-refractivity contribution in [3.8, 4) is 11.5 Å². The zero-order valence-electron chi connectivity index (χ0n) is 15.0. The molecule has 0 unspecified atom stereocenters. The van der Waals surface area contributed by atoms with E-state index in [1.165, 1.54) is 11.3 Å². The Balaban J connectivity index is 1.73. The molecule has 0 saturated carbocycles. The number of rotatable bonds is 6. The van der Waals surface area contributed by atoms with Crippen molar-refractivity contribution in [3.05, 3.63) is 58.1 Å². The summed E-state index contributed by atoms with van der Waals surface area (Å²) in [6.45, 7) is 1.90. The van der Waals surface area contributed by atoms with E-state index in [-0.39, 0.29) is 5.91 Å². The van der Waals surface area contributed by atoms with Crippen molar-refractivity contribution in [3.63, 3.8) is 0 Å². The fourth-order valence-electron chi connectivity index (χ4n) is 2.39. The number of ether oxygens (including phenoxy) is 2. The summed E-state index contributed by atoms with van der Waals surface area (Å²) in [5, 5.41) is 8.84. The van der Waals surface area contributed by atoms with Gasteiger partial charge in [-0.15, -0.1) is 11.3 Å². The van der Waals surface area contributed by atoms with Gasteiger partial charge in [-0.1, -0.05) is 17.7 Å². The Bertz CT molecular complexity index is 975. The van der Waals surface area contributed by atoms with Gasteiger partial charge in [0.2, 0.25) is 0 Å². The van der Waals surface area contributed by atoms with Crippen LogP contribution >= 0.6 is 22.9 Å². The molecule has 0 aliphatic carbocycles. The number of carbonyl (C=O) groups excluding carboxylic acids is 1. The van der Waals surface area contributed by atoms with Crippen LogP contribution in [0.2, 0.25) is 5.02 Å². The van der Waals surface area contributed by atoms with Crippen LogP contribution in [0.25, 0.3) is 0 Å². The van der Waals surface area contributed by atoms with Crippen LogP contribution in [0.4, 0.5) is 16.5 Å². The first kappa shape index (κ1) is 19.0. The smallest absolute Gasteiger partial charge is 0.275 e. The molecule has 0 aliphatic heterocycles. The maximum atomic E-state index is 12.5. The van der Waals surface area contributed by atoms with Gasteiger partial charge in [0, 0.05) is 27.8 Å². The average Bonchev–Trinajstić information content (AvgIpc) is 3.13. The SMILES string of the molecule is COc1ccc(Nc2nc(C(=O)Nc3cc(Cl)ccc3C)cs2)cc1OC. The summed E-state index contributed by atoms with van der Waals surface area (Å²) in [6.07, 6.45) is 0. The van der Waals surface area contributed by atoms with Crippen LogP contribution in [0.5, 0.6) is 11.5 Å².